The Kier molecular flexibility index (Phi) is 3.35. The maximum absolute atomic E-state index is 6.01. The predicted octanol–water partition coefficient (Wildman–Crippen LogP) is 1.55. The van der Waals surface area contributed by atoms with E-state index >= 15 is 0 Å². The van der Waals surface area contributed by atoms with Crippen molar-refractivity contribution in [2.75, 3.05) is 20.2 Å². The number of rotatable bonds is 3. The molecule has 2 atom stereocenters. The van der Waals surface area contributed by atoms with Gasteiger partial charge in [0, 0.05) is 19.6 Å². The molecule has 2 aromatic rings. The molecule has 1 fully saturated rings. The van der Waals surface area contributed by atoms with Gasteiger partial charge in [0.1, 0.15) is 5.75 Å². The van der Waals surface area contributed by atoms with Crippen molar-refractivity contribution < 1.29 is 9.47 Å². The predicted molar refractivity (Wildman–Crippen MR) is 80.6 cm³/mol. The molecule has 0 radical (unpaired) electrons. The molecule has 3 heterocycles. The van der Waals surface area contributed by atoms with E-state index in [1.165, 1.54) is 5.56 Å². The highest BCUT2D eigenvalue weighted by molar-refractivity contribution is 5.27. The van der Waals surface area contributed by atoms with Crippen molar-refractivity contribution in [3.8, 4) is 5.75 Å². The lowest BCUT2D eigenvalue weighted by atomic mass is 10.1. The Labute approximate surface area is 129 Å². The van der Waals surface area contributed by atoms with Crippen LogP contribution in [-0.2, 0) is 17.9 Å². The molecular weight excluding hydrogens is 280 g/mol. The topological polar surface area (TPSA) is 52.4 Å². The molecule has 1 saturated heterocycles. The van der Waals surface area contributed by atoms with Gasteiger partial charge in [0.15, 0.2) is 0 Å². The third-order valence-electron chi connectivity index (χ3n) is 4.61. The molecule has 1 aromatic carbocycles. The van der Waals surface area contributed by atoms with Gasteiger partial charge in [-0.1, -0.05) is 17.3 Å². The highest BCUT2D eigenvalue weighted by atomic mass is 16.5. The molecule has 116 valence electrons. The summed E-state index contributed by atoms with van der Waals surface area (Å²) in [5, 5.41) is 8.49. The molecule has 0 spiro atoms. The van der Waals surface area contributed by atoms with Crippen molar-refractivity contribution >= 4 is 0 Å². The van der Waals surface area contributed by atoms with Crippen LogP contribution in [0.3, 0.4) is 0 Å². The lowest BCUT2D eigenvalue weighted by Gasteiger charge is -2.26. The van der Waals surface area contributed by atoms with Crippen LogP contribution in [0.25, 0.3) is 0 Å². The van der Waals surface area contributed by atoms with E-state index in [-0.39, 0.29) is 12.1 Å². The highest BCUT2D eigenvalue weighted by Crippen LogP contribution is 2.32. The second-order valence-electron chi connectivity index (χ2n) is 6.03. The minimum absolute atomic E-state index is 0.215. The molecule has 0 saturated carbocycles. The van der Waals surface area contributed by atoms with Crippen molar-refractivity contribution in [3.63, 3.8) is 0 Å². The zero-order valence-electron chi connectivity index (χ0n) is 12.9. The van der Waals surface area contributed by atoms with E-state index in [0.29, 0.717) is 6.61 Å². The molecule has 0 amide bonds. The summed E-state index contributed by atoms with van der Waals surface area (Å²) in [6, 6.07) is 8.53. The van der Waals surface area contributed by atoms with E-state index in [4.69, 9.17) is 9.47 Å². The van der Waals surface area contributed by atoms with Crippen molar-refractivity contribution in [2.24, 2.45) is 0 Å². The smallest absolute Gasteiger partial charge is 0.118 e. The molecule has 0 bridgehead atoms. The molecule has 6 nitrogen and oxygen atoms in total. The van der Waals surface area contributed by atoms with Crippen LogP contribution in [0, 0.1) is 6.92 Å². The van der Waals surface area contributed by atoms with Crippen LogP contribution < -0.4 is 4.74 Å². The second-order valence-corrected chi connectivity index (χ2v) is 6.03. The van der Waals surface area contributed by atoms with Crippen molar-refractivity contribution in [1.29, 1.82) is 0 Å². The average Bonchev–Trinajstić information content (AvgIpc) is 3.11. The third kappa shape index (κ3) is 2.28. The van der Waals surface area contributed by atoms with Gasteiger partial charge in [-0.2, -0.15) is 0 Å². The van der Waals surface area contributed by atoms with Gasteiger partial charge in [-0.25, -0.2) is 4.68 Å². The molecule has 0 aliphatic carbocycles. The van der Waals surface area contributed by atoms with Gasteiger partial charge in [-0.3, -0.25) is 4.90 Å². The number of ether oxygens (including phenoxy) is 2. The standard InChI is InChI=1S/C16H20N4O2/c1-11-15-10-22-16-9-19(8-14(16)20(15)18-17-11)7-12-3-5-13(21-2)6-4-12/h3-6,14,16H,7-10H2,1-2H3/t14-,16-/m1/s1. The molecule has 22 heavy (non-hydrogen) atoms. The van der Waals surface area contributed by atoms with Crippen LogP contribution >= 0.6 is 0 Å². The number of aryl methyl sites for hydroxylation is 1. The van der Waals surface area contributed by atoms with Gasteiger partial charge < -0.3 is 9.47 Å². The largest absolute Gasteiger partial charge is 0.497 e. The summed E-state index contributed by atoms with van der Waals surface area (Å²) < 4.78 is 13.3. The fourth-order valence-corrected chi connectivity index (χ4v) is 3.37. The molecule has 6 heteroatoms. The maximum Gasteiger partial charge on any atom is 0.118 e. The lowest BCUT2D eigenvalue weighted by Crippen LogP contribution is -2.32. The monoisotopic (exact) mass is 300 g/mol. The second kappa shape index (κ2) is 5.37. The van der Waals surface area contributed by atoms with E-state index in [9.17, 15) is 0 Å². The third-order valence-corrected chi connectivity index (χ3v) is 4.61. The first-order chi connectivity index (χ1) is 10.7. The van der Waals surface area contributed by atoms with Gasteiger partial charge in [-0.15, -0.1) is 5.10 Å². The highest BCUT2D eigenvalue weighted by Gasteiger charge is 2.39. The van der Waals surface area contributed by atoms with Crippen LogP contribution in [-0.4, -0.2) is 46.2 Å². The Bertz CT molecular complexity index is 667. The number of benzene rings is 1. The number of nitrogens with zero attached hydrogens (tertiary/aromatic N) is 4. The van der Waals surface area contributed by atoms with Crippen LogP contribution in [0.1, 0.15) is 23.0 Å². The number of likely N-dealkylation sites (tertiary alicyclic amines) is 1. The summed E-state index contributed by atoms with van der Waals surface area (Å²) in [4.78, 5) is 2.42. The van der Waals surface area contributed by atoms with Gasteiger partial charge in [-0.05, 0) is 24.6 Å². The van der Waals surface area contributed by atoms with Gasteiger partial charge in [0.05, 0.1) is 37.3 Å². The average molecular weight is 300 g/mol. The van der Waals surface area contributed by atoms with E-state index in [1.54, 1.807) is 7.11 Å². The summed E-state index contributed by atoms with van der Waals surface area (Å²) in [6.07, 6.45) is 0.215. The molecule has 2 aliphatic heterocycles. The summed E-state index contributed by atoms with van der Waals surface area (Å²) >= 11 is 0. The van der Waals surface area contributed by atoms with Crippen LogP contribution in [0.2, 0.25) is 0 Å². The molecule has 2 aliphatic rings. The van der Waals surface area contributed by atoms with Crippen LogP contribution in [0.5, 0.6) is 5.75 Å². The van der Waals surface area contributed by atoms with Crippen LogP contribution in [0.15, 0.2) is 24.3 Å². The summed E-state index contributed by atoms with van der Waals surface area (Å²) in [5.41, 5.74) is 3.38. The van der Waals surface area contributed by atoms with Crippen molar-refractivity contribution in [1.82, 2.24) is 19.9 Å². The van der Waals surface area contributed by atoms with Crippen molar-refractivity contribution in [2.45, 2.75) is 32.2 Å². The number of hydrogen-bond acceptors (Lipinski definition) is 5. The van der Waals surface area contributed by atoms with Gasteiger partial charge in [0.25, 0.3) is 0 Å². The molecule has 1 aromatic heterocycles. The van der Waals surface area contributed by atoms with Crippen molar-refractivity contribution in [3.05, 3.63) is 41.2 Å². The normalized spacial score (nSPS) is 24.1. The number of fused-ring (bicyclic) bond motifs is 3. The first kappa shape index (κ1) is 13.7. The quantitative estimate of drug-likeness (QED) is 0.861. The molecule has 4 rings (SSSR count). The number of methoxy groups -OCH3 is 1. The van der Waals surface area contributed by atoms with Gasteiger partial charge in [0.2, 0.25) is 0 Å². The first-order valence-electron chi connectivity index (χ1n) is 7.62. The Morgan fingerprint density at radius 3 is 2.86 bits per heavy atom. The fourth-order valence-electron chi connectivity index (χ4n) is 3.37. The van der Waals surface area contributed by atoms with Crippen LogP contribution in [0.4, 0.5) is 0 Å². The minimum Gasteiger partial charge on any atom is -0.497 e. The molecular formula is C16H20N4O2. The van der Waals surface area contributed by atoms with Gasteiger partial charge >= 0.3 is 0 Å². The molecule has 0 N–H and O–H groups in total. The van der Waals surface area contributed by atoms with E-state index < -0.39 is 0 Å². The number of hydrogen-bond donors (Lipinski definition) is 0. The Hall–Kier alpha value is -1.92. The summed E-state index contributed by atoms with van der Waals surface area (Å²) in [6.45, 7) is 5.42. The molecule has 0 unspecified atom stereocenters. The first-order valence-corrected chi connectivity index (χ1v) is 7.62. The van der Waals surface area contributed by atoms with E-state index in [2.05, 4.69) is 32.0 Å². The SMILES string of the molecule is COc1ccc(CN2C[C@@H]3[C@@H](C2)OCc2c(C)nnn23)cc1. The minimum atomic E-state index is 0.215. The Morgan fingerprint density at radius 1 is 1.27 bits per heavy atom. The summed E-state index contributed by atoms with van der Waals surface area (Å²) in [5.74, 6) is 0.893. The van der Waals surface area contributed by atoms with E-state index in [0.717, 1.165) is 36.8 Å². The maximum atomic E-state index is 6.01. The zero-order valence-corrected chi connectivity index (χ0v) is 12.9. The summed E-state index contributed by atoms with van der Waals surface area (Å²) in [7, 11) is 1.69. The Morgan fingerprint density at radius 2 is 2.09 bits per heavy atom. The fraction of sp³-hybridized carbons (Fsp3) is 0.500. The van der Waals surface area contributed by atoms with E-state index in [1.807, 2.05) is 19.1 Å². The zero-order chi connectivity index (χ0) is 15.1. The Balaban J connectivity index is 1.48. The number of aromatic nitrogens is 3. The lowest BCUT2D eigenvalue weighted by molar-refractivity contribution is -0.00549.